The quantitative estimate of drug-likeness (QED) is 0.722. The second-order valence-corrected chi connectivity index (χ2v) is 7.70. The number of rotatable bonds is 4. The molecule has 1 atom stereocenters. The van der Waals surface area contributed by atoms with Gasteiger partial charge >= 0.3 is 0 Å². The van der Waals surface area contributed by atoms with E-state index in [1.807, 2.05) is 29.0 Å². The van der Waals surface area contributed by atoms with Crippen LogP contribution in [-0.4, -0.2) is 50.9 Å². The molecular formula is C18H21N5OS. The van der Waals surface area contributed by atoms with Gasteiger partial charge in [-0.1, -0.05) is 0 Å². The van der Waals surface area contributed by atoms with E-state index in [1.165, 1.54) is 11.3 Å². The standard InChI is InChI=1S/C18H21N5OS/c1-21(2)18(24)16-7-6-15(25-16)14-5-3-9-22(14)12-13-11-20-23-10-4-8-19-17(13)23/h4,6-8,10-11,14H,3,5,9,12H2,1-2H3. The average Bonchev–Trinajstić information content (AvgIpc) is 3.34. The molecule has 6 nitrogen and oxygen atoms in total. The Hall–Kier alpha value is -2.25. The van der Waals surface area contributed by atoms with Crippen molar-refractivity contribution in [3.63, 3.8) is 0 Å². The number of hydrogen-bond donors (Lipinski definition) is 0. The molecule has 1 aliphatic rings. The number of nitrogens with zero attached hydrogens (tertiary/aromatic N) is 5. The Labute approximate surface area is 150 Å². The van der Waals surface area contributed by atoms with Crippen LogP contribution in [0.4, 0.5) is 0 Å². The monoisotopic (exact) mass is 355 g/mol. The highest BCUT2D eigenvalue weighted by atomic mass is 32.1. The van der Waals surface area contributed by atoms with E-state index in [9.17, 15) is 4.79 Å². The van der Waals surface area contributed by atoms with Crippen LogP contribution in [0.2, 0.25) is 0 Å². The van der Waals surface area contributed by atoms with Crippen LogP contribution in [0.25, 0.3) is 5.65 Å². The summed E-state index contributed by atoms with van der Waals surface area (Å²) in [6, 6.07) is 6.32. The second-order valence-electron chi connectivity index (χ2n) is 6.59. The van der Waals surface area contributed by atoms with E-state index in [4.69, 9.17) is 0 Å². The van der Waals surface area contributed by atoms with Crippen LogP contribution >= 0.6 is 11.3 Å². The van der Waals surface area contributed by atoms with Crippen molar-refractivity contribution in [2.45, 2.75) is 25.4 Å². The lowest BCUT2D eigenvalue weighted by atomic mass is 10.1. The molecule has 0 bridgehead atoms. The normalized spacial score (nSPS) is 18.1. The first-order valence-corrected chi connectivity index (χ1v) is 9.28. The molecule has 1 amide bonds. The summed E-state index contributed by atoms with van der Waals surface area (Å²) >= 11 is 1.62. The molecule has 4 rings (SSSR count). The van der Waals surface area contributed by atoms with Crippen LogP contribution in [0.1, 0.15) is 39.0 Å². The van der Waals surface area contributed by atoms with Crippen LogP contribution in [0, 0.1) is 0 Å². The highest BCUT2D eigenvalue weighted by Gasteiger charge is 2.28. The lowest BCUT2D eigenvalue weighted by molar-refractivity contribution is 0.0832. The molecule has 25 heavy (non-hydrogen) atoms. The average molecular weight is 355 g/mol. The summed E-state index contributed by atoms with van der Waals surface area (Å²) in [7, 11) is 3.59. The first kappa shape index (κ1) is 16.2. The Morgan fingerprint density at radius 1 is 1.40 bits per heavy atom. The van der Waals surface area contributed by atoms with Gasteiger partial charge in [-0.2, -0.15) is 5.10 Å². The van der Waals surface area contributed by atoms with Gasteiger partial charge in [0, 0.05) is 49.5 Å². The lowest BCUT2D eigenvalue weighted by Gasteiger charge is -2.23. The van der Waals surface area contributed by atoms with E-state index in [0.29, 0.717) is 6.04 Å². The van der Waals surface area contributed by atoms with Crippen molar-refractivity contribution in [2.24, 2.45) is 0 Å². The fourth-order valence-corrected chi connectivity index (χ4v) is 4.61. The molecule has 1 saturated heterocycles. The molecule has 1 fully saturated rings. The summed E-state index contributed by atoms with van der Waals surface area (Å²) in [5.41, 5.74) is 2.07. The molecule has 0 spiro atoms. The van der Waals surface area contributed by atoms with Crippen molar-refractivity contribution in [1.82, 2.24) is 24.4 Å². The Morgan fingerprint density at radius 2 is 2.28 bits per heavy atom. The number of carbonyl (C=O) groups is 1. The predicted octanol–water partition coefficient (Wildman–Crippen LogP) is 2.83. The summed E-state index contributed by atoms with van der Waals surface area (Å²) in [6.07, 6.45) is 7.94. The van der Waals surface area contributed by atoms with E-state index in [0.717, 1.165) is 35.6 Å². The fourth-order valence-electron chi connectivity index (χ4n) is 3.41. The number of amides is 1. The zero-order valence-corrected chi connectivity index (χ0v) is 15.2. The van der Waals surface area contributed by atoms with Gasteiger partial charge in [0.05, 0.1) is 11.1 Å². The van der Waals surface area contributed by atoms with Crippen LogP contribution < -0.4 is 0 Å². The predicted molar refractivity (Wildman–Crippen MR) is 97.7 cm³/mol. The van der Waals surface area contributed by atoms with E-state index < -0.39 is 0 Å². The highest BCUT2D eigenvalue weighted by molar-refractivity contribution is 7.14. The number of hydrogen-bond acceptors (Lipinski definition) is 5. The Balaban J connectivity index is 1.56. The SMILES string of the molecule is CN(C)C(=O)c1ccc(C2CCCN2Cc2cnn3cccnc23)s1. The molecule has 0 aliphatic carbocycles. The molecule has 0 saturated carbocycles. The topological polar surface area (TPSA) is 53.7 Å². The minimum absolute atomic E-state index is 0.0765. The minimum Gasteiger partial charge on any atom is -0.344 e. The molecule has 4 heterocycles. The third-order valence-electron chi connectivity index (χ3n) is 4.66. The molecule has 1 aliphatic heterocycles. The van der Waals surface area contributed by atoms with Gasteiger partial charge in [0.25, 0.3) is 5.91 Å². The third-order valence-corrected chi connectivity index (χ3v) is 5.84. The summed E-state index contributed by atoms with van der Waals surface area (Å²) in [6.45, 7) is 1.89. The van der Waals surface area contributed by atoms with Gasteiger partial charge in [0.2, 0.25) is 0 Å². The largest absolute Gasteiger partial charge is 0.344 e. The molecule has 3 aromatic rings. The maximum atomic E-state index is 12.2. The lowest BCUT2D eigenvalue weighted by Crippen LogP contribution is -2.22. The summed E-state index contributed by atoms with van der Waals surface area (Å²) in [4.78, 5) is 22.8. The zero-order valence-electron chi connectivity index (χ0n) is 14.4. The summed E-state index contributed by atoms with van der Waals surface area (Å²) in [5, 5.41) is 4.39. The minimum atomic E-state index is 0.0765. The van der Waals surface area contributed by atoms with Gasteiger partial charge in [-0.3, -0.25) is 9.69 Å². The maximum Gasteiger partial charge on any atom is 0.263 e. The van der Waals surface area contributed by atoms with Crippen LogP contribution in [0.3, 0.4) is 0 Å². The molecule has 3 aromatic heterocycles. The molecule has 0 radical (unpaired) electrons. The maximum absolute atomic E-state index is 12.2. The smallest absolute Gasteiger partial charge is 0.263 e. The third kappa shape index (κ3) is 3.05. The van der Waals surface area contributed by atoms with Gasteiger partial charge in [0.1, 0.15) is 0 Å². The van der Waals surface area contributed by atoms with Gasteiger partial charge in [-0.15, -0.1) is 11.3 Å². The van der Waals surface area contributed by atoms with E-state index in [2.05, 4.69) is 21.0 Å². The van der Waals surface area contributed by atoms with Gasteiger partial charge in [-0.05, 0) is 37.6 Å². The Morgan fingerprint density at radius 3 is 3.12 bits per heavy atom. The van der Waals surface area contributed by atoms with Crippen molar-refractivity contribution in [1.29, 1.82) is 0 Å². The van der Waals surface area contributed by atoms with Crippen molar-refractivity contribution < 1.29 is 4.79 Å². The van der Waals surface area contributed by atoms with Gasteiger partial charge in [0.15, 0.2) is 5.65 Å². The number of thiophene rings is 1. The number of likely N-dealkylation sites (tertiary alicyclic amines) is 1. The Kier molecular flexibility index (Phi) is 4.27. The van der Waals surface area contributed by atoms with E-state index in [-0.39, 0.29) is 5.91 Å². The number of fused-ring (bicyclic) bond motifs is 1. The van der Waals surface area contributed by atoms with Crippen molar-refractivity contribution in [2.75, 3.05) is 20.6 Å². The zero-order chi connectivity index (χ0) is 17.4. The fraction of sp³-hybridized carbons (Fsp3) is 0.389. The molecule has 0 aromatic carbocycles. The van der Waals surface area contributed by atoms with Crippen molar-refractivity contribution in [3.05, 3.63) is 52.1 Å². The first-order valence-electron chi connectivity index (χ1n) is 8.46. The highest BCUT2D eigenvalue weighted by Crippen LogP contribution is 2.37. The summed E-state index contributed by atoms with van der Waals surface area (Å²) < 4.78 is 1.82. The molecule has 130 valence electrons. The number of carbonyl (C=O) groups excluding carboxylic acids is 1. The first-order chi connectivity index (χ1) is 12.1. The second kappa shape index (κ2) is 6.57. The van der Waals surface area contributed by atoms with Crippen LogP contribution in [0.5, 0.6) is 0 Å². The molecular weight excluding hydrogens is 334 g/mol. The van der Waals surface area contributed by atoms with Gasteiger partial charge in [-0.25, -0.2) is 9.50 Å². The summed E-state index contributed by atoms with van der Waals surface area (Å²) in [5.74, 6) is 0.0765. The van der Waals surface area contributed by atoms with Gasteiger partial charge < -0.3 is 4.90 Å². The van der Waals surface area contributed by atoms with Crippen LogP contribution in [0.15, 0.2) is 36.8 Å². The van der Waals surface area contributed by atoms with E-state index in [1.54, 1.807) is 36.5 Å². The molecule has 7 heteroatoms. The van der Waals surface area contributed by atoms with Crippen LogP contribution in [-0.2, 0) is 6.54 Å². The van der Waals surface area contributed by atoms with E-state index >= 15 is 0 Å². The van der Waals surface area contributed by atoms with Crippen molar-refractivity contribution >= 4 is 22.9 Å². The molecule has 0 N–H and O–H groups in total. The number of aromatic nitrogens is 3. The Bertz CT molecular complexity index is 900. The van der Waals surface area contributed by atoms with Crippen molar-refractivity contribution in [3.8, 4) is 0 Å². The molecule has 1 unspecified atom stereocenters.